The molecule has 3 N–H and O–H groups in total. The van der Waals surface area contributed by atoms with E-state index in [1.165, 1.54) is 18.2 Å². The van der Waals surface area contributed by atoms with Gasteiger partial charge in [-0.1, -0.05) is 24.3 Å². The predicted octanol–water partition coefficient (Wildman–Crippen LogP) is 3.65. The summed E-state index contributed by atoms with van der Waals surface area (Å²) in [6.07, 6.45) is 0. The van der Waals surface area contributed by atoms with E-state index in [2.05, 4.69) is 5.32 Å². The van der Waals surface area contributed by atoms with Gasteiger partial charge in [-0.3, -0.25) is 0 Å². The molecular weight excluding hydrogens is 257 g/mol. The van der Waals surface area contributed by atoms with Crippen molar-refractivity contribution in [2.24, 2.45) is 0 Å². The molecule has 0 fully saturated rings. The molecule has 0 aliphatic carbocycles. The van der Waals surface area contributed by atoms with Crippen LogP contribution < -0.4 is 5.32 Å². The van der Waals surface area contributed by atoms with E-state index in [0.717, 1.165) is 0 Å². The van der Waals surface area contributed by atoms with E-state index < -0.39 is 0 Å². The van der Waals surface area contributed by atoms with Crippen LogP contribution in [0.3, 0.4) is 0 Å². The average molecular weight is 275 g/mol. The number of benzene rings is 2. The Morgan fingerprint density at radius 1 is 0.900 bits per heavy atom. The van der Waals surface area contributed by atoms with Crippen LogP contribution in [0.2, 0.25) is 0 Å². The van der Waals surface area contributed by atoms with Crippen molar-refractivity contribution >= 4 is 0 Å². The summed E-state index contributed by atoms with van der Waals surface area (Å²) >= 11 is 0. The number of phenols is 2. The molecule has 0 amide bonds. The molecule has 0 aromatic heterocycles. The van der Waals surface area contributed by atoms with Gasteiger partial charge in [0.25, 0.3) is 0 Å². The van der Waals surface area contributed by atoms with Crippen molar-refractivity contribution in [2.45, 2.75) is 25.9 Å². The van der Waals surface area contributed by atoms with Crippen molar-refractivity contribution in [3.63, 3.8) is 0 Å². The quantitative estimate of drug-likeness (QED) is 0.798. The maximum atomic E-state index is 13.7. The molecule has 2 atom stereocenters. The first-order chi connectivity index (χ1) is 9.50. The van der Waals surface area contributed by atoms with Gasteiger partial charge in [0.05, 0.1) is 5.56 Å². The molecule has 0 bridgehead atoms. The lowest BCUT2D eigenvalue weighted by Gasteiger charge is -2.22. The molecule has 0 aliphatic rings. The van der Waals surface area contributed by atoms with Gasteiger partial charge >= 0.3 is 0 Å². The molecule has 0 saturated carbocycles. The van der Waals surface area contributed by atoms with E-state index in [1.807, 2.05) is 13.8 Å². The highest BCUT2D eigenvalue weighted by atomic mass is 19.1. The topological polar surface area (TPSA) is 52.5 Å². The summed E-state index contributed by atoms with van der Waals surface area (Å²) in [4.78, 5) is 0. The van der Waals surface area contributed by atoms with E-state index in [0.29, 0.717) is 11.1 Å². The third kappa shape index (κ3) is 2.91. The fourth-order valence-corrected chi connectivity index (χ4v) is 2.36. The number of nitrogens with one attached hydrogen (secondary N) is 1. The maximum absolute atomic E-state index is 13.7. The van der Waals surface area contributed by atoms with Gasteiger partial charge in [-0.05, 0) is 32.0 Å². The number of hydrogen-bond acceptors (Lipinski definition) is 3. The van der Waals surface area contributed by atoms with Crippen LogP contribution >= 0.6 is 0 Å². The van der Waals surface area contributed by atoms with Gasteiger partial charge in [-0.25, -0.2) is 4.39 Å². The lowest BCUT2D eigenvalue weighted by molar-refractivity contribution is 0.404. The molecule has 0 saturated heterocycles. The van der Waals surface area contributed by atoms with Gasteiger partial charge < -0.3 is 15.5 Å². The van der Waals surface area contributed by atoms with Crippen LogP contribution in [0, 0.1) is 5.82 Å². The predicted molar refractivity (Wildman–Crippen MR) is 76.1 cm³/mol. The Kier molecular flexibility index (Phi) is 4.25. The molecule has 0 radical (unpaired) electrons. The molecule has 0 heterocycles. The monoisotopic (exact) mass is 275 g/mol. The summed E-state index contributed by atoms with van der Waals surface area (Å²) in [5.74, 6) is -0.238. The lowest BCUT2D eigenvalue weighted by Crippen LogP contribution is -2.23. The van der Waals surface area contributed by atoms with Crippen molar-refractivity contribution in [1.82, 2.24) is 5.32 Å². The Hall–Kier alpha value is -2.07. The Balaban J connectivity index is 2.20. The van der Waals surface area contributed by atoms with Crippen LogP contribution in [0.15, 0.2) is 42.5 Å². The van der Waals surface area contributed by atoms with Crippen molar-refractivity contribution in [3.8, 4) is 11.5 Å². The normalized spacial score (nSPS) is 13.9. The van der Waals surface area contributed by atoms with Gasteiger partial charge in [-0.2, -0.15) is 0 Å². The van der Waals surface area contributed by atoms with Crippen molar-refractivity contribution in [2.75, 3.05) is 0 Å². The summed E-state index contributed by atoms with van der Waals surface area (Å²) < 4.78 is 13.7. The number of phenolic OH excluding ortho intramolecular Hbond substituents is 2. The molecule has 2 unspecified atom stereocenters. The molecule has 106 valence electrons. The molecule has 20 heavy (non-hydrogen) atoms. The van der Waals surface area contributed by atoms with Crippen molar-refractivity contribution in [1.29, 1.82) is 0 Å². The fraction of sp³-hybridized carbons (Fsp3) is 0.250. The van der Waals surface area contributed by atoms with Crippen LogP contribution in [-0.4, -0.2) is 10.2 Å². The minimum atomic E-state index is -0.314. The first-order valence-corrected chi connectivity index (χ1v) is 6.52. The number of aromatic hydroxyl groups is 2. The van der Waals surface area contributed by atoms with Crippen LogP contribution in [0.5, 0.6) is 11.5 Å². The second-order valence-electron chi connectivity index (χ2n) is 4.84. The van der Waals surface area contributed by atoms with Crippen LogP contribution in [-0.2, 0) is 0 Å². The number of rotatable bonds is 4. The summed E-state index contributed by atoms with van der Waals surface area (Å²) in [7, 11) is 0. The highest BCUT2D eigenvalue weighted by Crippen LogP contribution is 2.33. The Morgan fingerprint density at radius 2 is 1.50 bits per heavy atom. The van der Waals surface area contributed by atoms with Crippen LogP contribution in [0.25, 0.3) is 0 Å². The van der Waals surface area contributed by atoms with E-state index in [-0.39, 0.29) is 29.4 Å². The van der Waals surface area contributed by atoms with Crippen LogP contribution in [0.1, 0.15) is 37.1 Å². The Bertz CT molecular complexity index is 581. The molecule has 3 nitrogen and oxygen atoms in total. The van der Waals surface area contributed by atoms with E-state index >= 15 is 0 Å². The van der Waals surface area contributed by atoms with Gasteiger partial charge in [0.1, 0.15) is 17.3 Å². The first kappa shape index (κ1) is 14.3. The second kappa shape index (κ2) is 5.92. The van der Waals surface area contributed by atoms with Gasteiger partial charge in [0.15, 0.2) is 0 Å². The molecule has 4 heteroatoms. The van der Waals surface area contributed by atoms with Crippen molar-refractivity contribution in [3.05, 3.63) is 59.4 Å². The molecule has 0 spiro atoms. The summed E-state index contributed by atoms with van der Waals surface area (Å²) in [5.41, 5.74) is 0.963. The SMILES string of the molecule is CC(NC(C)c1c(O)cccc1O)c1ccccc1F. The zero-order valence-electron chi connectivity index (χ0n) is 11.5. The fourth-order valence-electron chi connectivity index (χ4n) is 2.36. The van der Waals surface area contributed by atoms with Crippen LogP contribution in [0.4, 0.5) is 4.39 Å². The summed E-state index contributed by atoms with van der Waals surface area (Å²) in [6, 6.07) is 10.6. The Labute approximate surface area is 117 Å². The van der Waals surface area contributed by atoms with Gasteiger partial charge in [0.2, 0.25) is 0 Å². The minimum absolute atomic E-state index is 0.0192. The highest BCUT2D eigenvalue weighted by molar-refractivity contribution is 5.45. The standard InChI is InChI=1S/C16H18FNO2/c1-10(12-6-3-4-7-13(12)17)18-11(2)16-14(19)8-5-9-15(16)20/h3-11,18-20H,1-2H3. The number of hydrogen-bond donors (Lipinski definition) is 3. The number of halogens is 1. The third-order valence-corrected chi connectivity index (χ3v) is 3.36. The maximum Gasteiger partial charge on any atom is 0.127 e. The summed E-state index contributed by atoms with van der Waals surface area (Å²) in [6.45, 7) is 3.65. The Morgan fingerprint density at radius 3 is 2.10 bits per heavy atom. The third-order valence-electron chi connectivity index (χ3n) is 3.36. The van der Waals surface area contributed by atoms with Gasteiger partial charge in [0, 0.05) is 17.6 Å². The highest BCUT2D eigenvalue weighted by Gasteiger charge is 2.18. The second-order valence-corrected chi connectivity index (χ2v) is 4.84. The summed E-state index contributed by atoms with van der Waals surface area (Å²) in [5, 5.41) is 22.8. The molecular formula is C16H18FNO2. The molecule has 2 rings (SSSR count). The first-order valence-electron chi connectivity index (χ1n) is 6.52. The largest absolute Gasteiger partial charge is 0.507 e. The van der Waals surface area contributed by atoms with Crippen molar-refractivity contribution < 1.29 is 14.6 Å². The smallest absolute Gasteiger partial charge is 0.127 e. The molecule has 0 aliphatic heterocycles. The zero-order valence-corrected chi connectivity index (χ0v) is 11.5. The molecule has 2 aromatic carbocycles. The minimum Gasteiger partial charge on any atom is -0.507 e. The molecule has 2 aromatic rings. The van der Waals surface area contributed by atoms with E-state index in [1.54, 1.807) is 24.3 Å². The van der Waals surface area contributed by atoms with E-state index in [9.17, 15) is 14.6 Å². The van der Waals surface area contributed by atoms with E-state index in [4.69, 9.17) is 0 Å². The zero-order chi connectivity index (χ0) is 14.7. The average Bonchev–Trinajstić information content (AvgIpc) is 2.38. The van der Waals surface area contributed by atoms with Gasteiger partial charge in [-0.15, -0.1) is 0 Å². The lowest BCUT2D eigenvalue weighted by atomic mass is 10.0.